The van der Waals surface area contributed by atoms with E-state index in [1.165, 1.54) is 37.4 Å². The molecule has 2 aromatic carbocycles. The van der Waals surface area contributed by atoms with E-state index < -0.39 is 36.5 Å². The number of carbonyl (C=O) groups excluding carboxylic acids is 3. The molecule has 210 valence electrons. The Morgan fingerprint density at radius 3 is 2.67 bits per heavy atom. The Labute approximate surface area is 238 Å². The molecule has 1 aliphatic rings. The van der Waals surface area contributed by atoms with E-state index in [-0.39, 0.29) is 51.7 Å². The molecule has 0 spiro atoms. The number of nitrogens with zero attached hydrogens (tertiary/aromatic N) is 2. The number of hydrogen-bond acceptors (Lipinski definition) is 10. The standard InChI is InChI=1S/C25H29BrClN5O7/c1-3-39-22(36)9-20(18-6-14(27)7-19(26)23(18)37)31-21(35)12-32(2)24(38)13-4-15(8-16(33)5-13)30-25-28-10-17(34)11-29-25/h4-8,17,20,33-34,37H,3,9-12H2,1-2H3,(H,31,35)(H2,28,29,30)/t20-/m1/s1. The lowest BCUT2D eigenvalue weighted by atomic mass is 10.0. The first-order chi connectivity index (χ1) is 18.5. The molecule has 1 heterocycles. The van der Waals surface area contributed by atoms with Gasteiger partial charge in [-0.1, -0.05) is 11.6 Å². The number of hydrogen-bond donors (Lipinski definition) is 6. The van der Waals surface area contributed by atoms with Gasteiger partial charge < -0.3 is 40.9 Å². The second-order valence-electron chi connectivity index (χ2n) is 8.73. The normalized spacial score (nSPS) is 15.4. The fourth-order valence-electron chi connectivity index (χ4n) is 3.78. The molecule has 2 amide bonds. The van der Waals surface area contributed by atoms with Crippen molar-refractivity contribution >= 4 is 57.0 Å². The number of rotatable bonds is 9. The molecule has 0 aliphatic carbocycles. The first kappa shape index (κ1) is 30.0. The number of amides is 2. The van der Waals surface area contributed by atoms with Crippen LogP contribution in [0.1, 0.15) is 35.3 Å². The number of guanidine groups is 1. The van der Waals surface area contributed by atoms with Crippen LogP contribution in [0.3, 0.4) is 0 Å². The Bertz CT molecular complexity index is 1280. The molecule has 0 radical (unpaired) electrons. The Balaban J connectivity index is 1.73. The minimum Gasteiger partial charge on any atom is -0.508 e. The summed E-state index contributed by atoms with van der Waals surface area (Å²) >= 11 is 9.31. The van der Waals surface area contributed by atoms with Crippen LogP contribution >= 0.6 is 27.5 Å². The van der Waals surface area contributed by atoms with Gasteiger partial charge in [-0.15, -0.1) is 0 Å². The van der Waals surface area contributed by atoms with E-state index in [0.717, 1.165) is 4.90 Å². The Hall–Kier alpha value is -3.55. The predicted molar refractivity (Wildman–Crippen MR) is 148 cm³/mol. The van der Waals surface area contributed by atoms with Crippen LogP contribution in [0.15, 0.2) is 39.8 Å². The molecule has 1 aliphatic heterocycles. The number of β-amino-alcohol motifs (C(OH)–C–C–N with tert-alkyl or cyclic N) is 1. The SMILES string of the molecule is CCOC(=O)C[C@@H](NC(=O)CN(C)C(=O)c1cc(O)cc(NC2=NCC(O)CN2)c1)c1cc(Cl)cc(Br)c1O. The number of phenolic OH excluding ortho intramolecular Hbond substituents is 2. The number of carbonyl (C=O) groups is 3. The molecule has 0 bridgehead atoms. The summed E-state index contributed by atoms with van der Waals surface area (Å²) in [7, 11) is 1.40. The molecular formula is C25H29BrClN5O7. The Morgan fingerprint density at radius 2 is 2.00 bits per heavy atom. The maximum absolute atomic E-state index is 13.1. The van der Waals surface area contributed by atoms with Crippen LogP contribution in [-0.2, 0) is 14.3 Å². The van der Waals surface area contributed by atoms with Gasteiger partial charge in [-0.05, 0) is 47.1 Å². The van der Waals surface area contributed by atoms with Crippen molar-refractivity contribution in [3.63, 3.8) is 0 Å². The number of aliphatic hydroxyl groups is 1. The van der Waals surface area contributed by atoms with Gasteiger partial charge in [0.2, 0.25) is 5.91 Å². The lowest BCUT2D eigenvalue weighted by Crippen LogP contribution is -2.42. The lowest BCUT2D eigenvalue weighted by molar-refractivity contribution is -0.143. The maximum atomic E-state index is 13.1. The maximum Gasteiger partial charge on any atom is 0.308 e. The molecule has 0 aromatic heterocycles. The molecule has 3 rings (SSSR count). The fourth-order valence-corrected chi connectivity index (χ4v) is 4.62. The van der Waals surface area contributed by atoms with Gasteiger partial charge in [-0.2, -0.15) is 0 Å². The summed E-state index contributed by atoms with van der Waals surface area (Å²) in [5, 5.41) is 39.0. The number of halogens is 2. The first-order valence-corrected chi connectivity index (χ1v) is 13.1. The van der Waals surface area contributed by atoms with Crippen LogP contribution in [0.25, 0.3) is 0 Å². The minimum atomic E-state index is -0.992. The first-order valence-electron chi connectivity index (χ1n) is 11.9. The van der Waals surface area contributed by atoms with Gasteiger partial charge >= 0.3 is 5.97 Å². The summed E-state index contributed by atoms with van der Waals surface area (Å²) in [5.74, 6) is -1.80. The summed E-state index contributed by atoms with van der Waals surface area (Å²) in [6.45, 7) is 1.89. The molecule has 0 saturated carbocycles. The van der Waals surface area contributed by atoms with Crippen molar-refractivity contribution in [1.82, 2.24) is 15.5 Å². The summed E-state index contributed by atoms with van der Waals surface area (Å²) in [5.41, 5.74) is 0.666. The van der Waals surface area contributed by atoms with Crippen LogP contribution < -0.4 is 16.0 Å². The van der Waals surface area contributed by atoms with Crippen LogP contribution in [0.2, 0.25) is 5.02 Å². The molecule has 0 fully saturated rings. The van der Waals surface area contributed by atoms with Gasteiger partial charge in [0.1, 0.15) is 11.5 Å². The number of likely N-dealkylation sites (N-methyl/N-ethyl adjacent to an activating group) is 1. The smallest absolute Gasteiger partial charge is 0.308 e. The van der Waals surface area contributed by atoms with E-state index in [0.29, 0.717) is 18.2 Å². The highest BCUT2D eigenvalue weighted by molar-refractivity contribution is 9.10. The van der Waals surface area contributed by atoms with Crippen molar-refractivity contribution in [2.75, 3.05) is 38.6 Å². The van der Waals surface area contributed by atoms with E-state index in [1.54, 1.807) is 6.92 Å². The molecule has 14 heteroatoms. The number of nitrogens with one attached hydrogen (secondary N) is 3. The molecule has 2 aromatic rings. The zero-order chi connectivity index (χ0) is 28.7. The van der Waals surface area contributed by atoms with Crippen LogP contribution in [-0.4, -0.2) is 83.4 Å². The van der Waals surface area contributed by atoms with Gasteiger partial charge in [0.05, 0.1) is 42.7 Å². The van der Waals surface area contributed by atoms with Crippen LogP contribution in [0, 0.1) is 0 Å². The van der Waals surface area contributed by atoms with Gasteiger partial charge in [-0.25, -0.2) is 0 Å². The predicted octanol–water partition coefficient (Wildman–Crippen LogP) is 2.13. The largest absolute Gasteiger partial charge is 0.508 e. The highest BCUT2D eigenvalue weighted by Gasteiger charge is 2.25. The number of phenols is 2. The van der Waals surface area contributed by atoms with Crippen molar-refractivity contribution in [1.29, 1.82) is 0 Å². The van der Waals surface area contributed by atoms with E-state index >= 15 is 0 Å². The molecule has 0 saturated heterocycles. The number of aliphatic hydroxyl groups excluding tert-OH is 1. The van der Waals surface area contributed by atoms with Crippen molar-refractivity contribution in [3.05, 3.63) is 51.0 Å². The third-order valence-electron chi connectivity index (χ3n) is 5.56. The third-order valence-corrected chi connectivity index (χ3v) is 6.39. The molecule has 12 nitrogen and oxygen atoms in total. The number of benzene rings is 2. The highest BCUT2D eigenvalue weighted by Crippen LogP contribution is 2.36. The monoisotopic (exact) mass is 625 g/mol. The molecular weight excluding hydrogens is 598 g/mol. The Morgan fingerprint density at radius 1 is 1.26 bits per heavy atom. The number of anilines is 1. The Kier molecular flexibility index (Phi) is 10.4. The summed E-state index contributed by atoms with van der Waals surface area (Å²) in [4.78, 5) is 43.5. The van der Waals surface area contributed by atoms with E-state index in [1.807, 2.05) is 0 Å². The van der Waals surface area contributed by atoms with E-state index in [4.69, 9.17) is 16.3 Å². The molecule has 6 N–H and O–H groups in total. The topological polar surface area (TPSA) is 173 Å². The average Bonchev–Trinajstić information content (AvgIpc) is 2.86. The quantitative estimate of drug-likeness (QED) is 0.228. The van der Waals surface area contributed by atoms with Crippen molar-refractivity contribution in [2.24, 2.45) is 4.99 Å². The van der Waals surface area contributed by atoms with Gasteiger partial charge in [0.25, 0.3) is 5.91 Å². The van der Waals surface area contributed by atoms with Crippen LogP contribution in [0.4, 0.5) is 5.69 Å². The van der Waals surface area contributed by atoms with Crippen LogP contribution in [0.5, 0.6) is 11.5 Å². The second kappa shape index (κ2) is 13.5. The summed E-state index contributed by atoms with van der Waals surface area (Å²) < 4.78 is 5.28. The lowest BCUT2D eigenvalue weighted by Gasteiger charge is -2.23. The second-order valence-corrected chi connectivity index (χ2v) is 10.0. The molecule has 39 heavy (non-hydrogen) atoms. The van der Waals surface area contributed by atoms with Crippen molar-refractivity contribution in [3.8, 4) is 11.5 Å². The van der Waals surface area contributed by atoms with E-state index in [9.17, 15) is 29.7 Å². The van der Waals surface area contributed by atoms with Gasteiger partial charge in [-0.3, -0.25) is 19.4 Å². The van der Waals surface area contributed by atoms with Gasteiger partial charge in [0.15, 0.2) is 5.96 Å². The number of aliphatic imine (C=N–C) groups is 1. The summed E-state index contributed by atoms with van der Waals surface area (Å²) in [6.07, 6.45) is -0.883. The molecule has 2 atom stereocenters. The molecule has 1 unspecified atom stereocenters. The number of ether oxygens (including phenoxy) is 1. The summed E-state index contributed by atoms with van der Waals surface area (Å²) in [6, 6.07) is 6.04. The van der Waals surface area contributed by atoms with E-state index in [2.05, 4.69) is 36.9 Å². The van der Waals surface area contributed by atoms with Gasteiger partial charge in [0, 0.05) is 41.5 Å². The highest BCUT2D eigenvalue weighted by atomic mass is 79.9. The average molecular weight is 627 g/mol. The number of esters is 1. The van der Waals surface area contributed by atoms with Crippen molar-refractivity contribution in [2.45, 2.75) is 25.5 Å². The third kappa shape index (κ3) is 8.47. The number of aromatic hydroxyl groups is 2. The zero-order valence-corrected chi connectivity index (χ0v) is 23.5. The zero-order valence-electron chi connectivity index (χ0n) is 21.2. The fraction of sp³-hybridized carbons (Fsp3) is 0.360. The van der Waals surface area contributed by atoms with Crippen molar-refractivity contribution < 1.29 is 34.4 Å². The minimum absolute atomic E-state index is 0.101.